The first-order valence-electron chi connectivity index (χ1n) is 12.0. The van der Waals surface area contributed by atoms with Gasteiger partial charge in [-0.1, -0.05) is 30.3 Å². The summed E-state index contributed by atoms with van der Waals surface area (Å²) >= 11 is 0. The number of aliphatic hydroxyl groups is 1. The standard InChI is InChI=1S/C27H30N2O5/c1-18-16-21-17-20(8-9-22(21)34-18)25(30)23-24(19-6-3-2-4-7-19)29(27(32)26(23)31)11-5-10-28-12-14-33-15-13-28/h2-4,6-9,17-18,24,30H,5,10-16H2,1H3/t18-,24-/m1/s1. The van der Waals surface area contributed by atoms with Gasteiger partial charge in [0.05, 0.1) is 24.8 Å². The first-order chi connectivity index (χ1) is 16.5. The lowest BCUT2D eigenvalue weighted by atomic mass is 9.94. The molecular weight excluding hydrogens is 432 g/mol. The van der Waals surface area contributed by atoms with Crippen molar-refractivity contribution in [3.05, 3.63) is 70.8 Å². The van der Waals surface area contributed by atoms with Crippen LogP contribution in [0.15, 0.2) is 54.1 Å². The number of aliphatic hydroxyl groups excluding tert-OH is 1. The summed E-state index contributed by atoms with van der Waals surface area (Å²) in [6, 6.07) is 14.3. The van der Waals surface area contributed by atoms with Crippen LogP contribution in [0.4, 0.5) is 0 Å². The van der Waals surface area contributed by atoms with Crippen LogP contribution in [0.2, 0.25) is 0 Å². The smallest absolute Gasteiger partial charge is 0.295 e. The average molecular weight is 463 g/mol. The summed E-state index contributed by atoms with van der Waals surface area (Å²) in [5.74, 6) is -0.532. The van der Waals surface area contributed by atoms with Gasteiger partial charge < -0.3 is 19.5 Å². The van der Waals surface area contributed by atoms with E-state index in [-0.39, 0.29) is 17.4 Å². The molecular formula is C27H30N2O5. The molecule has 34 heavy (non-hydrogen) atoms. The monoisotopic (exact) mass is 462 g/mol. The quantitative estimate of drug-likeness (QED) is 0.404. The second-order valence-corrected chi connectivity index (χ2v) is 9.17. The molecule has 2 saturated heterocycles. The van der Waals surface area contributed by atoms with Gasteiger partial charge in [0.25, 0.3) is 11.7 Å². The van der Waals surface area contributed by atoms with Crippen molar-refractivity contribution in [2.24, 2.45) is 0 Å². The molecule has 0 unspecified atom stereocenters. The van der Waals surface area contributed by atoms with Crippen LogP contribution in [0, 0.1) is 0 Å². The molecule has 7 heteroatoms. The number of carbonyl (C=O) groups is 2. The lowest BCUT2D eigenvalue weighted by Gasteiger charge is -2.29. The molecule has 1 amide bonds. The number of carbonyl (C=O) groups excluding carboxylic acids is 2. The van der Waals surface area contributed by atoms with Crippen molar-refractivity contribution in [1.82, 2.24) is 9.80 Å². The number of hydrogen-bond donors (Lipinski definition) is 1. The Morgan fingerprint density at radius 2 is 1.82 bits per heavy atom. The van der Waals surface area contributed by atoms with Gasteiger partial charge in [-0.15, -0.1) is 0 Å². The van der Waals surface area contributed by atoms with E-state index < -0.39 is 17.7 Å². The van der Waals surface area contributed by atoms with Crippen LogP contribution >= 0.6 is 0 Å². The molecule has 7 nitrogen and oxygen atoms in total. The van der Waals surface area contributed by atoms with E-state index in [0.717, 1.165) is 62.6 Å². The van der Waals surface area contributed by atoms with E-state index in [9.17, 15) is 14.7 Å². The molecule has 0 aromatic heterocycles. The maximum absolute atomic E-state index is 13.2. The molecule has 0 saturated carbocycles. The van der Waals surface area contributed by atoms with Gasteiger partial charge in [0.15, 0.2) is 0 Å². The summed E-state index contributed by atoms with van der Waals surface area (Å²) in [6.45, 7) is 6.46. The van der Waals surface area contributed by atoms with Crippen LogP contribution in [0.3, 0.4) is 0 Å². The first-order valence-corrected chi connectivity index (χ1v) is 12.0. The zero-order valence-electron chi connectivity index (χ0n) is 19.4. The van der Waals surface area contributed by atoms with E-state index in [1.54, 1.807) is 11.0 Å². The number of Topliss-reactive ketones (excluding diaryl/α,β-unsaturated/α-hetero) is 1. The molecule has 2 aromatic carbocycles. The van der Waals surface area contributed by atoms with E-state index >= 15 is 0 Å². The SMILES string of the molecule is C[C@@H]1Cc2cc(C(O)=C3C(=O)C(=O)N(CCCN4CCOCC4)[C@@H]3c3ccccc3)ccc2O1. The molecule has 3 aliphatic rings. The minimum absolute atomic E-state index is 0.0776. The number of morpholine rings is 1. The molecule has 0 aliphatic carbocycles. The fourth-order valence-corrected chi connectivity index (χ4v) is 5.11. The van der Waals surface area contributed by atoms with E-state index in [4.69, 9.17) is 9.47 Å². The fourth-order valence-electron chi connectivity index (χ4n) is 5.11. The predicted octanol–water partition coefficient (Wildman–Crippen LogP) is 3.15. The Morgan fingerprint density at radius 3 is 2.59 bits per heavy atom. The number of ether oxygens (including phenoxy) is 2. The molecule has 0 spiro atoms. The molecule has 5 rings (SSSR count). The molecule has 1 N–H and O–H groups in total. The highest BCUT2D eigenvalue weighted by Gasteiger charge is 2.45. The van der Waals surface area contributed by atoms with Gasteiger partial charge in [-0.25, -0.2) is 0 Å². The van der Waals surface area contributed by atoms with Crippen molar-refractivity contribution < 1.29 is 24.2 Å². The third-order valence-corrected chi connectivity index (χ3v) is 6.80. The molecule has 2 atom stereocenters. The Labute approximate surface area is 199 Å². The lowest BCUT2D eigenvalue weighted by Crippen LogP contribution is -2.38. The summed E-state index contributed by atoms with van der Waals surface area (Å²) in [7, 11) is 0. The molecule has 2 fully saturated rings. The van der Waals surface area contributed by atoms with Gasteiger partial charge in [0, 0.05) is 38.2 Å². The molecule has 0 bridgehead atoms. The normalized spacial score (nSPS) is 24.3. The second kappa shape index (κ2) is 9.60. The number of rotatable bonds is 6. The Morgan fingerprint density at radius 1 is 1.06 bits per heavy atom. The number of nitrogens with zero attached hydrogens (tertiary/aromatic N) is 2. The largest absolute Gasteiger partial charge is 0.507 e. The van der Waals surface area contributed by atoms with Crippen molar-refractivity contribution in [3.63, 3.8) is 0 Å². The van der Waals surface area contributed by atoms with Crippen LogP contribution in [0.1, 0.15) is 36.1 Å². The Hall–Kier alpha value is -3.16. The fraction of sp³-hybridized carbons (Fsp3) is 0.407. The van der Waals surface area contributed by atoms with Crippen LogP contribution in [0.25, 0.3) is 5.76 Å². The first kappa shape index (κ1) is 22.6. The summed E-state index contributed by atoms with van der Waals surface area (Å²) in [5, 5.41) is 11.3. The van der Waals surface area contributed by atoms with Crippen LogP contribution in [-0.4, -0.2) is 72.1 Å². The van der Waals surface area contributed by atoms with Crippen molar-refractivity contribution in [2.75, 3.05) is 39.4 Å². The molecule has 3 heterocycles. The topological polar surface area (TPSA) is 79.3 Å². The Balaban J connectivity index is 1.46. The van der Waals surface area contributed by atoms with E-state index in [1.807, 2.05) is 49.4 Å². The van der Waals surface area contributed by atoms with Gasteiger partial charge in [0.1, 0.15) is 17.6 Å². The van der Waals surface area contributed by atoms with Crippen molar-refractivity contribution in [2.45, 2.75) is 31.9 Å². The average Bonchev–Trinajstić information content (AvgIpc) is 3.35. The summed E-state index contributed by atoms with van der Waals surface area (Å²) < 4.78 is 11.2. The maximum Gasteiger partial charge on any atom is 0.295 e. The minimum Gasteiger partial charge on any atom is -0.507 e. The summed E-state index contributed by atoms with van der Waals surface area (Å²) in [4.78, 5) is 30.3. The third-order valence-electron chi connectivity index (χ3n) is 6.80. The van der Waals surface area contributed by atoms with Crippen molar-refractivity contribution in [3.8, 4) is 5.75 Å². The van der Waals surface area contributed by atoms with Crippen LogP contribution in [-0.2, 0) is 20.7 Å². The number of hydrogen-bond acceptors (Lipinski definition) is 6. The van der Waals surface area contributed by atoms with Crippen LogP contribution in [0.5, 0.6) is 5.75 Å². The van der Waals surface area contributed by atoms with Crippen molar-refractivity contribution in [1.29, 1.82) is 0 Å². The van der Waals surface area contributed by atoms with Gasteiger partial charge >= 0.3 is 0 Å². The Bertz CT molecular complexity index is 1110. The van der Waals surface area contributed by atoms with Gasteiger partial charge in [-0.2, -0.15) is 0 Å². The van der Waals surface area contributed by atoms with Gasteiger partial charge in [0.2, 0.25) is 0 Å². The predicted molar refractivity (Wildman–Crippen MR) is 128 cm³/mol. The number of ketones is 1. The molecule has 3 aliphatic heterocycles. The third kappa shape index (κ3) is 4.33. The maximum atomic E-state index is 13.2. The second-order valence-electron chi connectivity index (χ2n) is 9.17. The number of amides is 1. The van der Waals surface area contributed by atoms with E-state index in [0.29, 0.717) is 12.1 Å². The zero-order valence-corrected chi connectivity index (χ0v) is 19.4. The molecule has 0 radical (unpaired) electrons. The highest BCUT2D eigenvalue weighted by molar-refractivity contribution is 6.46. The number of benzene rings is 2. The van der Waals surface area contributed by atoms with Gasteiger partial charge in [-0.3, -0.25) is 14.5 Å². The summed E-state index contributed by atoms with van der Waals surface area (Å²) in [5.41, 5.74) is 2.48. The highest BCUT2D eigenvalue weighted by Crippen LogP contribution is 2.40. The lowest BCUT2D eigenvalue weighted by molar-refractivity contribution is -0.140. The van der Waals surface area contributed by atoms with E-state index in [1.165, 1.54) is 0 Å². The Kier molecular flexibility index (Phi) is 6.39. The number of likely N-dealkylation sites (tertiary alicyclic amines) is 1. The molecule has 178 valence electrons. The minimum atomic E-state index is -0.636. The highest BCUT2D eigenvalue weighted by atomic mass is 16.5. The number of fused-ring (bicyclic) bond motifs is 1. The van der Waals surface area contributed by atoms with Crippen LogP contribution < -0.4 is 4.74 Å². The zero-order chi connectivity index (χ0) is 23.7. The summed E-state index contributed by atoms with van der Waals surface area (Å²) in [6.07, 6.45) is 1.56. The molecule has 2 aromatic rings. The van der Waals surface area contributed by atoms with Gasteiger partial charge in [-0.05, 0) is 42.7 Å². The van der Waals surface area contributed by atoms with Crippen molar-refractivity contribution >= 4 is 17.4 Å². The van der Waals surface area contributed by atoms with E-state index in [2.05, 4.69) is 4.90 Å².